The number of nitrogens with one attached hydrogen (secondary N) is 1. The number of piperazine rings is 1. The summed E-state index contributed by atoms with van der Waals surface area (Å²) in [5.41, 5.74) is 0.950. The molecule has 2 unspecified atom stereocenters. The van der Waals surface area contributed by atoms with Gasteiger partial charge in [0.2, 0.25) is 11.8 Å². The second-order valence-electron chi connectivity index (χ2n) is 4.88. The molecule has 1 aliphatic heterocycles. The Kier molecular flexibility index (Phi) is 4.19. The zero-order valence-electron chi connectivity index (χ0n) is 11.5. The number of hydrogen-bond acceptors (Lipinski definition) is 4. The fourth-order valence-electron chi connectivity index (χ4n) is 2.24. The van der Waals surface area contributed by atoms with Crippen LogP contribution in [0.3, 0.4) is 0 Å². The normalized spacial score (nSPS) is 21.4. The molecule has 2 atom stereocenters. The summed E-state index contributed by atoms with van der Waals surface area (Å²) in [7, 11) is 0. The van der Waals surface area contributed by atoms with Crippen molar-refractivity contribution in [2.45, 2.75) is 45.7 Å². The summed E-state index contributed by atoms with van der Waals surface area (Å²) in [6, 6.07) is -0.522. The highest BCUT2D eigenvalue weighted by atomic mass is 32.1. The zero-order valence-corrected chi connectivity index (χ0v) is 12.3. The number of carbonyl (C=O) groups is 2. The highest BCUT2D eigenvalue weighted by Crippen LogP contribution is 2.25. The number of rotatable bonds is 4. The summed E-state index contributed by atoms with van der Waals surface area (Å²) in [6.07, 6.45) is 1.56. The van der Waals surface area contributed by atoms with Gasteiger partial charge in [-0.15, -0.1) is 11.3 Å². The predicted molar refractivity (Wildman–Crippen MR) is 73.8 cm³/mol. The molecule has 0 spiro atoms. The summed E-state index contributed by atoms with van der Waals surface area (Å²) >= 11 is 1.53. The summed E-state index contributed by atoms with van der Waals surface area (Å²) in [6.45, 7) is 5.99. The van der Waals surface area contributed by atoms with Crippen LogP contribution >= 0.6 is 11.3 Å². The maximum absolute atomic E-state index is 12.4. The minimum absolute atomic E-state index is 0.00167. The van der Waals surface area contributed by atoms with Gasteiger partial charge in [-0.3, -0.25) is 9.59 Å². The van der Waals surface area contributed by atoms with Crippen LogP contribution in [0.4, 0.5) is 0 Å². The molecule has 2 amide bonds. The van der Waals surface area contributed by atoms with Gasteiger partial charge >= 0.3 is 0 Å². The van der Waals surface area contributed by atoms with E-state index in [9.17, 15) is 9.59 Å². The number of nitrogens with zero attached hydrogens (tertiary/aromatic N) is 2. The van der Waals surface area contributed by atoms with Crippen molar-refractivity contribution < 1.29 is 9.59 Å². The number of aromatic nitrogens is 1. The molecule has 0 aliphatic carbocycles. The van der Waals surface area contributed by atoms with E-state index in [4.69, 9.17) is 0 Å². The first-order valence-corrected chi connectivity index (χ1v) is 7.42. The van der Waals surface area contributed by atoms with Crippen LogP contribution in [0.2, 0.25) is 0 Å². The average molecular weight is 281 g/mol. The smallest absolute Gasteiger partial charge is 0.246 e. The molecule has 2 heterocycles. The number of amides is 2. The highest BCUT2D eigenvalue weighted by molar-refractivity contribution is 7.09. The molecule has 1 aromatic heterocycles. The molecule has 0 radical (unpaired) electrons. The third kappa shape index (κ3) is 2.94. The summed E-state index contributed by atoms with van der Waals surface area (Å²) < 4.78 is 0. The van der Waals surface area contributed by atoms with Gasteiger partial charge in [0.1, 0.15) is 17.6 Å². The molecule has 1 N–H and O–H groups in total. The molecule has 0 saturated carbocycles. The molecule has 1 fully saturated rings. The first-order valence-electron chi connectivity index (χ1n) is 6.54. The van der Waals surface area contributed by atoms with Crippen LogP contribution in [0.15, 0.2) is 5.38 Å². The van der Waals surface area contributed by atoms with E-state index in [2.05, 4.69) is 10.3 Å². The van der Waals surface area contributed by atoms with Crippen molar-refractivity contribution >= 4 is 23.2 Å². The van der Waals surface area contributed by atoms with Gasteiger partial charge in [0.25, 0.3) is 0 Å². The van der Waals surface area contributed by atoms with Gasteiger partial charge in [-0.25, -0.2) is 4.98 Å². The molecule has 1 aromatic rings. The Morgan fingerprint density at radius 3 is 2.89 bits per heavy atom. The monoisotopic (exact) mass is 281 g/mol. The summed E-state index contributed by atoms with van der Waals surface area (Å²) in [5.74, 6) is -0.0834. The van der Waals surface area contributed by atoms with Gasteiger partial charge in [0.15, 0.2) is 0 Å². The van der Waals surface area contributed by atoms with Crippen molar-refractivity contribution in [3.63, 3.8) is 0 Å². The molecule has 0 aromatic carbocycles. The van der Waals surface area contributed by atoms with Crippen molar-refractivity contribution in [1.29, 1.82) is 0 Å². The molecule has 104 valence electrons. The largest absolute Gasteiger partial charge is 0.343 e. The number of hydrogen-bond donors (Lipinski definition) is 1. The summed E-state index contributed by atoms with van der Waals surface area (Å²) in [4.78, 5) is 30.1. The van der Waals surface area contributed by atoms with E-state index in [0.29, 0.717) is 6.42 Å². The maximum atomic E-state index is 12.4. The fourth-order valence-corrected chi connectivity index (χ4v) is 3.11. The first kappa shape index (κ1) is 14.0. The second-order valence-corrected chi connectivity index (χ2v) is 5.77. The van der Waals surface area contributed by atoms with Crippen LogP contribution in [-0.2, 0) is 9.59 Å². The molecule has 19 heavy (non-hydrogen) atoms. The van der Waals surface area contributed by atoms with E-state index in [1.54, 1.807) is 4.90 Å². The third-order valence-corrected chi connectivity index (χ3v) is 4.40. The molecule has 0 bridgehead atoms. The van der Waals surface area contributed by atoms with Crippen molar-refractivity contribution in [1.82, 2.24) is 15.2 Å². The molecule has 6 heteroatoms. The SMILES string of the molecule is CCCC1NC(=O)CN(C(C)c2nc(C)cs2)C1=O. The van der Waals surface area contributed by atoms with Crippen molar-refractivity contribution in [3.05, 3.63) is 16.1 Å². The van der Waals surface area contributed by atoms with Crippen LogP contribution in [0.25, 0.3) is 0 Å². The first-order chi connectivity index (χ1) is 9.02. The van der Waals surface area contributed by atoms with E-state index in [0.717, 1.165) is 17.1 Å². The number of aryl methyl sites for hydroxylation is 1. The molecular formula is C13H19N3O2S. The Balaban J connectivity index is 2.17. The minimum Gasteiger partial charge on any atom is -0.343 e. The Labute approximate surface area is 117 Å². The highest BCUT2D eigenvalue weighted by Gasteiger charge is 2.35. The molecule has 1 saturated heterocycles. The third-order valence-electron chi connectivity index (χ3n) is 3.27. The molecule has 2 rings (SSSR count). The lowest BCUT2D eigenvalue weighted by Gasteiger charge is -2.35. The summed E-state index contributed by atoms with van der Waals surface area (Å²) in [5, 5.41) is 5.61. The topological polar surface area (TPSA) is 62.3 Å². The Hall–Kier alpha value is -1.43. The van der Waals surface area contributed by atoms with Crippen LogP contribution in [0, 0.1) is 6.92 Å². The fraction of sp³-hybridized carbons (Fsp3) is 0.615. The van der Waals surface area contributed by atoms with E-state index < -0.39 is 0 Å². The Morgan fingerprint density at radius 1 is 1.58 bits per heavy atom. The van der Waals surface area contributed by atoms with Gasteiger partial charge in [0, 0.05) is 11.1 Å². The molecular weight excluding hydrogens is 262 g/mol. The van der Waals surface area contributed by atoms with Crippen LogP contribution < -0.4 is 5.32 Å². The average Bonchev–Trinajstić information content (AvgIpc) is 2.79. The van der Waals surface area contributed by atoms with Crippen molar-refractivity contribution in [2.24, 2.45) is 0 Å². The lowest BCUT2D eigenvalue weighted by Crippen LogP contribution is -2.58. The lowest BCUT2D eigenvalue weighted by atomic mass is 10.1. The van der Waals surface area contributed by atoms with E-state index in [1.165, 1.54) is 11.3 Å². The van der Waals surface area contributed by atoms with E-state index in [-0.39, 0.29) is 30.4 Å². The van der Waals surface area contributed by atoms with Gasteiger partial charge in [-0.2, -0.15) is 0 Å². The zero-order chi connectivity index (χ0) is 14.0. The van der Waals surface area contributed by atoms with Gasteiger partial charge < -0.3 is 10.2 Å². The number of carbonyl (C=O) groups excluding carboxylic acids is 2. The maximum Gasteiger partial charge on any atom is 0.246 e. The van der Waals surface area contributed by atoms with Crippen LogP contribution in [0.1, 0.15) is 43.4 Å². The Bertz CT molecular complexity index is 486. The second kappa shape index (κ2) is 5.69. The van der Waals surface area contributed by atoms with Gasteiger partial charge in [0.05, 0.1) is 6.04 Å². The van der Waals surface area contributed by atoms with E-state index in [1.807, 2.05) is 26.2 Å². The minimum atomic E-state index is -0.380. The predicted octanol–water partition coefficient (Wildman–Crippen LogP) is 1.64. The number of thiazole rings is 1. The van der Waals surface area contributed by atoms with Crippen molar-refractivity contribution in [3.8, 4) is 0 Å². The quantitative estimate of drug-likeness (QED) is 0.912. The van der Waals surface area contributed by atoms with E-state index >= 15 is 0 Å². The van der Waals surface area contributed by atoms with Crippen LogP contribution in [-0.4, -0.2) is 34.3 Å². The molecule has 5 nitrogen and oxygen atoms in total. The standard InChI is InChI=1S/C13H19N3O2S/c1-4-5-10-13(18)16(6-11(17)15-10)9(3)12-14-8(2)7-19-12/h7,9-10H,4-6H2,1-3H3,(H,15,17). The van der Waals surface area contributed by atoms with Crippen molar-refractivity contribution in [2.75, 3.05) is 6.54 Å². The molecule has 1 aliphatic rings. The Morgan fingerprint density at radius 2 is 2.32 bits per heavy atom. The van der Waals surface area contributed by atoms with Gasteiger partial charge in [-0.05, 0) is 20.3 Å². The van der Waals surface area contributed by atoms with Gasteiger partial charge in [-0.1, -0.05) is 13.3 Å². The lowest BCUT2D eigenvalue weighted by molar-refractivity contribution is -0.146. The van der Waals surface area contributed by atoms with Crippen LogP contribution in [0.5, 0.6) is 0 Å².